The Morgan fingerprint density at radius 2 is 2.06 bits per heavy atom. The van der Waals surface area contributed by atoms with E-state index in [2.05, 4.69) is 5.32 Å². The fourth-order valence-electron chi connectivity index (χ4n) is 2.08. The highest BCUT2D eigenvalue weighted by Gasteiger charge is 2.38. The zero-order chi connectivity index (χ0) is 13.9. The molecule has 1 rings (SSSR count). The lowest BCUT2D eigenvalue weighted by atomic mass is 9.94. The number of hydrogen-bond acceptors (Lipinski definition) is 3. The van der Waals surface area contributed by atoms with Crippen LogP contribution in [0.3, 0.4) is 0 Å². The van der Waals surface area contributed by atoms with Gasteiger partial charge in [-0.2, -0.15) is 0 Å². The molecule has 2 amide bonds. The van der Waals surface area contributed by atoms with Crippen LogP contribution < -0.4 is 5.32 Å². The van der Waals surface area contributed by atoms with Crippen LogP contribution in [0.2, 0.25) is 0 Å². The van der Waals surface area contributed by atoms with Crippen molar-refractivity contribution >= 4 is 11.8 Å². The molecule has 0 saturated carbocycles. The molecular weight excluding hydrogens is 232 g/mol. The topological polar surface area (TPSA) is 69.6 Å². The average Bonchev–Trinajstić information content (AvgIpc) is 2.71. The third-order valence-corrected chi connectivity index (χ3v) is 3.03. The van der Waals surface area contributed by atoms with Crippen molar-refractivity contribution in [2.75, 3.05) is 13.1 Å². The van der Waals surface area contributed by atoms with E-state index in [0.29, 0.717) is 13.0 Å². The Labute approximate surface area is 109 Å². The number of aliphatic hydroxyl groups excluding tert-OH is 1. The van der Waals surface area contributed by atoms with Gasteiger partial charge >= 0.3 is 0 Å². The number of nitrogens with one attached hydrogen (secondary N) is 1. The minimum Gasteiger partial charge on any atom is -0.392 e. The summed E-state index contributed by atoms with van der Waals surface area (Å²) >= 11 is 0. The van der Waals surface area contributed by atoms with Gasteiger partial charge in [-0.25, -0.2) is 0 Å². The fraction of sp³-hybridized carbons (Fsp3) is 0.846. The number of likely N-dealkylation sites (tertiary alicyclic amines) is 1. The van der Waals surface area contributed by atoms with Crippen molar-refractivity contribution in [3.05, 3.63) is 0 Å². The monoisotopic (exact) mass is 256 g/mol. The first kappa shape index (κ1) is 15.0. The van der Waals surface area contributed by atoms with Gasteiger partial charge in [0.1, 0.15) is 6.04 Å². The first-order valence-electron chi connectivity index (χ1n) is 6.50. The quantitative estimate of drug-likeness (QED) is 0.773. The first-order valence-corrected chi connectivity index (χ1v) is 6.50. The molecule has 0 aromatic rings. The lowest BCUT2D eigenvalue weighted by Crippen LogP contribution is -2.50. The van der Waals surface area contributed by atoms with Gasteiger partial charge in [0.25, 0.3) is 0 Å². The van der Waals surface area contributed by atoms with Gasteiger partial charge in [0.15, 0.2) is 0 Å². The highest BCUT2D eigenvalue weighted by atomic mass is 16.3. The smallest absolute Gasteiger partial charge is 0.242 e. The Kier molecular flexibility index (Phi) is 4.73. The maximum absolute atomic E-state index is 12.2. The summed E-state index contributed by atoms with van der Waals surface area (Å²) in [6, 6.07) is -0.379. The molecule has 5 nitrogen and oxygen atoms in total. The Morgan fingerprint density at radius 1 is 1.44 bits per heavy atom. The van der Waals surface area contributed by atoms with Gasteiger partial charge in [-0.1, -0.05) is 20.8 Å². The van der Waals surface area contributed by atoms with Gasteiger partial charge in [-0.05, 0) is 19.8 Å². The van der Waals surface area contributed by atoms with Gasteiger partial charge in [0.05, 0.1) is 6.10 Å². The molecule has 1 heterocycles. The molecule has 2 atom stereocenters. The second-order valence-electron chi connectivity index (χ2n) is 6.00. The third-order valence-electron chi connectivity index (χ3n) is 3.03. The maximum atomic E-state index is 12.2. The fourth-order valence-corrected chi connectivity index (χ4v) is 2.08. The summed E-state index contributed by atoms with van der Waals surface area (Å²) in [5, 5.41) is 11.8. The van der Waals surface area contributed by atoms with Gasteiger partial charge < -0.3 is 15.3 Å². The SMILES string of the molecule is C[C@@H](O)CNC(=O)C1CCCN1C(=O)C(C)(C)C. The van der Waals surface area contributed by atoms with Crippen LogP contribution in [0.5, 0.6) is 0 Å². The van der Waals surface area contributed by atoms with Crippen LogP contribution in [0.25, 0.3) is 0 Å². The van der Waals surface area contributed by atoms with Crippen molar-refractivity contribution in [3.63, 3.8) is 0 Å². The molecule has 1 unspecified atom stereocenters. The molecule has 1 aliphatic heterocycles. The number of aliphatic hydroxyl groups is 1. The van der Waals surface area contributed by atoms with Crippen LogP contribution in [-0.4, -0.2) is 47.1 Å². The molecule has 0 aliphatic carbocycles. The molecule has 0 bridgehead atoms. The standard InChI is InChI=1S/C13H24N2O3/c1-9(16)8-14-11(17)10-6-5-7-15(10)12(18)13(2,3)4/h9-10,16H,5-8H2,1-4H3,(H,14,17)/t9-,10?/m1/s1. The normalized spacial score (nSPS) is 21.8. The van der Waals surface area contributed by atoms with E-state index < -0.39 is 11.5 Å². The number of hydrogen-bond donors (Lipinski definition) is 2. The maximum Gasteiger partial charge on any atom is 0.242 e. The summed E-state index contributed by atoms with van der Waals surface area (Å²) in [6.07, 6.45) is 0.990. The molecule has 2 N–H and O–H groups in total. The third kappa shape index (κ3) is 3.70. The summed E-state index contributed by atoms with van der Waals surface area (Å²) in [5.41, 5.74) is -0.465. The molecule has 5 heteroatoms. The van der Waals surface area contributed by atoms with Crippen molar-refractivity contribution in [3.8, 4) is 0 Å². The van der Waals surface area contributed by atoms with Crippen LogP contribution in [-0.2, 0) is 9.59 Å². The summed E-state index contributed by atoms with van der Waals surface area (Å²) < 4.78 is 0. The van der Waals surface area contributed by atoms with Gasteiger partial charge in [-0.3, -0.25) is 9.59 Å². The molecule has 18 heavy (non-hydrogen) atoms. The van der Waals surface area contributed by atoms with Crippen LogP contribution >= 0.6 is 0 Å². The van der Waals surface area contributed by atoms with Gasteiger partial charge in [-0.15, -0.1) is 0 Å². The van der Waals surface area contributed by atoms with E-state index in [1.165, 1.54) is 0 Å². The van der Waals surface area contributed by atoms with Crippen molar-refractivity contribution in [2.45, 2.75) is 52.7 Å². The van der Waals surface area contributed by atoms with Crippen molar-refractivity contribution in [2.24, 2.45) is 5.41 Å². The second-order valence-corrected chi connectivity index (χ2v) is 6.00. The summed E-state index contributed by atoms with van der Waals surface area (Å²) in [5.74, 6) is -0.150. The van der Waals surface area contributed by atoms with Crippen LogP contribution in [0.15, 0.2) is 0 Å². The zero-order valence-corrected chi connectivity index (χ0v) is 11.7. The predicted molar refractivity (Wildman–Crippen MR) is 68.9 cm³/mol. The predicted octanol–water partition coefficient (Wildman–Crippen LogP) is 0.520. The molecule has 1 fully saturated rings. The molecule has 0 radical (unpaired) electrons. The summed E-state index contributed by atoms with van der Waals surface area (Å²) in [7, 11) is 0. The highest BCUT2D eigenvalue weighted by Crippen LogP contribution is 2.25. The largest absolute Gasteiger partial charge is 0.392 e. The first-order chi connectivity index (χ1) is 8.23. The lowest BCUT2D eigenvalue weighted by molar-refractivity contribution is -0.144. The number of carbonyl (C=O) groups is 2. The lowest BCUT2D eigenvalue weighted by Gasteiger charge is -2.30. The second kappa shape index (κ2) is 5.69. The van der Waals surface area contributed by atoms with E-state index in [-0.39, 0.29) is 24.4 Å². The van der Waals surface area contributed by atoms with E-state index in [0.717, 1.165) is 6.42 Å². The highest BCUT2D eigenvalue weighted by molar-refractivity contribution is 5.90. The summed E-state index contributed by atoms with van der Waals surface area (Å²) in [4.78, 5) is 25.9. The van der Waals surface area contributed by atoms with E-state index >= 15 is 0 Å². The number of carbonyl (C=O) groups excluding carboxylic acids is 2. The van der Waals surface area contributed by atoms with Crippen LogP contribution in [0.1, 0.15) is 40.5 Å². The van der Waals surface area contributed by atoms with E-state index in [1.54, 1.807) is 11.8 Å². The minimum atomic E-state index is -0.567. The zero-order valence-electron chi connectivity index (χ0n) is 11.7. The van der Waals surface area contributed by atoms with Crippen molar-refractivity contribution in [1.29, 1.82) is 0 Å². The molecule has 0 aromatic heterocycles. The van der Waals surface area contributed by atoms with Gasteiger partial charge in [0, 0.05) is 18.5 Å². The Morgan fingerprint density at radius 3 is 2.56 bits per heavy atom. The molecule has 1 saturated heterocycles. The Bertz CT molecular complexity index is 321. The van der Waals surface area contributed by atoms with Crippen molar-refractivity contribution in [1.82, 2.24) is 10.2 Å². The van der Waals surface area contributed by atoms with E-state index in [1.807, 2.05) is 20.8 Å². The number of rotatable bonds is 3. The summed E-state index contributed by atoms with van der Waals surface area (Å²) in [6.45, 7) is 8.07. The molecular formula is C13H24N2O3. The number of nitrogens with zero attached hydrogens (tertiary/aromatic N) is 1. The molecule has 1 aliphatic rings. The molecule has 0 aromatic carbocycles. The Balaban J connectivity index is 2.65. The van der Waals surface area contributed by atoms with Crippen molar-refractivity contribution < 1.29 is 14.7 Å². The number of amides is 2. The Hall–Kier alpha value is -1.10. The molecule has 0 spiro atoms. The van der Waals surface area contributed by atoms with Crippen LogP contribution in [0, 0.1) is 5.41 Å². The minimum absolute atomic E-state index is 0.0113. The van der Waals surface area contributed by atoms with Crippen LogP contribution in [0.4, 0.5) is 0 Å². The van der Waals surface area contributed by atoms with Gasteiger partial charge in [0.2, 0.25) is 11.8 Å². The molecule has 104 valence electrons. The van der Waals surface area contributed by atoms with E-state index in [4.69, 9.17) is 5.11 Å². The van der Waals surface area contributed by atoms with E-state index in [9.17, 15) is 9.59 Å². The average molecular weight is 256 g/mol.